The Labute approximate surface area is 180 Å². The molecule has 0 unspecified atom stereocenters. The first-order chi connectivity index (χ1) is 14.3. The number of ether oxygens (including phenoxy) is 1. The maximum atomic E-state index is 13.8. The minimum atomic E-state index is -3.66. The molecule has 0 atom stereocenters. The third-order valence-electron chi connectivity index (χ3n) is 4.77. The molecular formula is C20H23ClFN3O4S. The van der Waals surface area contributed by atoms with Crippen LogP contribution in [0.4, 0.5) is 15.8 Å². The number of amides is 1. The molecule has 10 heteroatoms. The van der Waals surface area contributed by atoms with Crippen molar-refractivity contribution in [3.05, 3.63) is 47.2 Å². The maximum absolute atomic E-state index is 13.8. The SMILES string of the molecule is COc1ccc(S(=O)(=O)N2CCCCC2)cc1NC(=O)CNc1cc(Cl)ccc1F. The Morgan fingerprint density at radius 1 is 1.13 bits per heavy atom. The fraction of sp³-hybridized carbons (Fsp3) is 0.350. The zero-order chi connectivity index (χ0) is 21.7. The summed E-state index contributed by atoms with van der Waals surface area (Å²) < 4.78 is 46.3. The number of hydrogen-bond donors (Lipinski definition) is 2. The number of piperidine rings is 1. The Morgan fingerprint density at radius 2 is 1.87 bits per heavy atom. The van der Waals surface area contributed by atoms with Crippen molar-refractivity contribution in [2.45, 2.75) is 24.2 Å². The summed E-state index contributed by atoms with van der Waals surface area (Å²) >= 11 is 5.84. The van der Waals surface area contributed by atoms with Gasteiger partial charge in [0.05, 0.1) is 29.9 Å². The molecule has 1 aliphatic rings. The van der Waals surface area contributed by atoms with Gasteiger partial charge in [-0.3, -0.25) is 4.79 Å². The van der Waals surface area contributed by atoms with Crippen LogP contribution in [-0.2, 0) is 14.8 Å². The monoisotopic (exact) mass is 455 g/mol. The molecule has 0 aromatic heterocycles. The summed E-state index contributed by atoms with van der Waals surface area (Å²) in [5.74, 6) is -0.727. The molecule has 2 N–H and O–H groups in total. The van der Waals surface area contributed by atoms with E-state index in [1.165, 1.54) is 47.8 Å². The van der Waals surface area contributed by atoms with Crippen LogP contribution in [0, 0.1) is 5.82 Å². The van der Waals surface area contributed by atoms with E-state index in [1.54, 1.807) is 0 Å². The highest BCUT2D eigenvalue weighted by Crippen LogP contribution is 2.30. The number of halogens is 2. The first-order valence-corrected chi connectivity index (χ1v) is 11.3. The number of carbonyl (C=O) groups excluding carboxylic acids is 1. The van der Waals surface area contributed by atoms with E-state index in [0.717, 1.165) is 19.3 Å². The lowest BCUT2D eigenvalue weighted by molar-refractivity contribution is -0.114. The van der Waals surface area contributed by atoms with Crippen molar-refractivity contribution in [3.63, 3.8) is 0 Å². The lowest BCUT2D eigenvalue weighted by atomic mass is 10.2. The number of sulfonamides is 1. The quantitative estimate of drug-likeness (QED) is 0.664. The molecule has 0 saturated carbocycles. The molecule has 2 aromatic carbocycles. The zero-order valence-electron chi connectivity index (χ0n) is 16.5. The smallest absolute Gasteiger partial charge is 0.243 e. The van der Waals surface area contributed by atoms with E-state index in [-0.39, 0.29) is 22.8 Å². The van der Waals surface area contributed by atoms with Crippen LogP contribution in [0.25, 0.3) is 0 Å². The van der Waals surface area contributed by atoms with Gasteiger partial charge in [-0.2, -0.15) is 4.31 Å². The van der Waals surface area contributed by atoms with Crippen molar-refractivity contribution in [1.29, 1.82) is 0 Å². The Bertz CT molecular complexity index is 1030. The lowest BCUT2D eigenvalue weighted by Crippen LogP contribution is -2.35. The lowest BCUT2D eigenvalue weighted by Gasteiger charge is -2.26. The van der Waals surface area contributed by atoms with E-state index in [1.807, 2.05) is 0 Å². The third kappa shape index (κ3) is 5.21. The van der Waals surface area contributed by atoms with Crippen molar-refractivity contribution >= 4 is 38.9 Å². The number of nitrogens with one attached hydrogen (secondary N) is 2. The van der Waals surface area contributed by atoms with Gasteiger partial charge in [0.25, 0.3) is 0 Å². The van der Waals surface area contributed by atoms with E-state index >= 15 is 0 Å². The van der Waals surface area contributed by atoms with Crippen LogP contribution in [0.15, 0.2) is 41.3 Å². The van der Waals surface area contributed by atoms with Crippen LogP contribution in [0.2, 0.25) is 5.02 Å². The summed E-state index contributed by atoms with van der Waals surface area (Å²) in [5.41, 5.74) is 0.306. The molecule has 30 heavy (non-hydrogen) atoms. The second-order valence-corrected chi connectivity index (χ2v) is 9.23. The van der Waals surface area contributed by atoms with Gasteiger partial charge in [-0.15, -0.1) is 0 Å². The topological polar surface area (TPSA) is 87.7 Å². The van der Waals surface area contributed by atoms with Crippen LogP contribution in [0.5, 0.6) is 5.75 Å². The number of methoxy groups -OCH3 is 1. The summed E-state index contributed by atoms with van der Waals surface area (Å²) in [5, 5.41) is 5.62. The molecule has 0 bridgehead atoms. The minimum Gasteiger partial charge on any atom is -0.495 e. The Hall–Kier alpha value is -2.36. The van der Waals surface area contributed by atoms with Gasteiger partial charge in [-0.05, 0) is 49.2 Å². The van der Waals surface area contributed by atoms with Crippen molar-refractivity contribution in [2.75, 3.05) is 37.4 Å². The summed E-state index contributed by atoms with van der Waals surface area (Å²) in [6.07, 6.45) is 2.66. The largest absolute Gasteiger partial charge is 0.495 e. The second kappa shape index (κ2) is 9.63. The molecular weight excluding hydrogens is 433 g/mol. The number of hydrogen-bond acceptors (Lipinski definition) is 5. The summed E-state index contributed by atoms with van der Waals surface area (Å²) in [6.45, 7) is 0.708. The summed E-state index contributed by atoms with van der Waals surface area (Å²) in [7, 11) is -2.24. The molecule has 0 aliphatic carbocycles. The van der Waals surface area contributed by atoms with Crippen LogP contribution in [0.3, 0.4) is 0 Å². The van der Waals surface area contributed by atoms with Crippen LogP contribution in [-0.4, -0.2) is 45.4 Å². The number of nitrogens with zero attached hydrogens (tertiary/aromatic N) is 1. The minimum absolute atomic E-state index is 0.0781. The Kier molecular flexibility index (Phi) is 7.17. The zero-order valence-corrected chi connectivity index (χ0v) is 18.0. The van der Waals surface area contributed by atoms with Gasteiger partial charge in [0.1, 0.15) is 11.6 Å². The first kappa shape index (κ1) is 22.3. The summed E-state index contributed by atoms with van der Waals surface area (Å²) in [6, 6.07) is 8.30. The number of carbonyl (C=O) groups is 1. The second-order valence-electron chi connectivity index (χ2n) is 6.85. The fourth-order valence-electron chi connectivity index (χ4n) is 3.20. The third-order valence-corrected chi connectivity index (χ3v) is 6.90. The van der Waals surface area contributed by atoms with Crippen LogP contribution in [0.1, 0.15) is 19.3 Å². The van der Waals surface area contributed by atoms with Crippen molar-refractivity contribution in [3.8, 4) is 5.75 Å². The predicted octanol–water partition coefficient (Wildman–Crippen LogP) is 3.71. The number of benzene rings is 2. The molecule has 0 spiro atoms. The molecule has 1 heterocycles. The summed E-state index contributed by atoms with van der Waals surface area (Å²) in [4.78, 5) is 12.4. The molecule has 2 aromatic rings. The Morgan fingerprint density at radius 3 is 2.57 bits per heavy atom. The van der Waals surface area contributed by atoms with Gasteiger partial charge < -0.3 is 15.4 Å². The van der Waals surface area contributed by atoms with E-state index in [4.69, 9.17) is 16.3 Å². The number of anilines is 2. The maximum Gasteiger partial charge on any atom is 0.243 e. The highest BCUT2D eigenvalue weighted by atomic mass is 35.5. The molecule has 1 amide bonds. The van der Waals surface area contributed by atoms with Gasteiger partial charge in [0.2, 0.25) is 15.9 Å². The molecule has 7 nitrogen and oxygen atoms in total. The molecule has 162 valence electrons. The van der Waals surface area contributed by atoms with Gasteiger partial charge in [-0.25, -0.2) is 12.8 Å². The highest BCUT2D eigenvalue weighted by molar-refractivity contribution is 7.89. The van der Waals surface area contributed by atoms with E-state index < -0.39 is 21.7 Å². The van der Waals surface area contributed by atoms with Gasteiger partial charge in [-0.1, -0.05) is 18.0 Å². The molecule has 3 rings (SSSR count). The molecule has 1 aliphatic heterocycles. The molecule has 1 saturated heterocycles. The van der Waals surface area contributed by atoms with E-state index in [2.05, 4.69) is 10.6 Å². The van der Waals surface area contributed by atoms with Crippen LogP contribution >= 0.6 is 11.6 Å². The van der Waals surface area contributed by atoms with Crippen LogP contribution < -0.4 is 15.4 Å². The Balaban J connectivity index is 1.75. The van der Waals surface area contributed by atoms with E-state index in [0.29, 0.717) is 23.9 Å². The van der Waals surface area contributed by atoms with Crippen molar-refractivity contribution < 1.29 is 22.3 Å². The first-order valence-electron chi connectivity index (χ1n) is 9.48. The normalized spacial score (nSPS) is 14.9. The average molecular weight is 456 g/mol. The standard InChI is InChI=1S/C20H23ClFN3O4S/c1-29-19-8-6-15(30(27,28)25-9-3-2-4-10-25)12-18(19)24-20(26)13-23-17-11-14(21)5-7-16(17)22/h5-8,11-12,23H,2-4,9-10,13H2,1H3,(H,24,26). The average Bonchev–Trinajstić information content (AvgIpc) is 2.75. The fourth-order valence-corrected chi connectivity index (χ4v) is 4.92. The van der Waals surface area contributed by atoms with Crippen molar-refractivity contribution in [2.24, 2.45) is 0 Å². The van der Waals surface area contributed by atoms with Gasteiger partial charge in [0.15, 0.2) is 0 Å². The van der Waals surface area contributed by atoms with E-state index in [9.17, 15) is 17.6 Å². The van der Waals surface area contributed by atoms with Gasteiger partial charge in [0, 0.05) is 18.1 Å². The number of rotatable bonds is 7. The molecule has 1 fully saturated rings. The van der Waals surface area contributed by atoms with Gasteiger partial charge >= 0.3 is 0 Å². The molecule has 0 radical (unpaired) electrons. The van der Waals surface area contributed by atoms with Crippen molar-refractivity contribution in [1.82, 2.24) is 4.31 Å². The highest BCUT2D eigenvalue weighted by Gasteiger charge is 2.27. The predicted molar refractivity (Wildman–Crippen MR) is 114 cm³/mol.